The Hall–Kier alpha value is -2.02. The maximum absolute atomic E-state index is 12.7. The van der Waals surface area contributed by atoms with Gasteiger partial charge in [0.15, 0.2) is 0 Å². The lowest BCUT2D eigenvalue weighted by Crippen LogP contribution is -2.55. The number of para-hydroxylation sites is 1. The maximum atomic E-state index is 12.7. The van der Waals surface area contributed by atoms with Gasteiger partial charge in [-0.2, -0.15) is 5.26 Å². The average Bonchev–Trinajstić information content (AvgIpc) is 3.36. The average molecular weight is 325 g/mol. The summed E-state index contributed by atoms with van der Waals surface area (Å²) in [6.45, 7) is 8.77. The number of hydrogen-bond donors (Lipinski definition) is 1. The molecule has 3 rings (SSSR count). The van der Waals surface area contributed by atoms with Crippen molar-refractivity contribution in [3.8, 4) is 6.07 Å². The van der Waals surface area contributed by atoms with Gasteiger partial charge in [0, 0.05) is 11.2 Å². The lowest BCUT2D eigenvalue weighted by Gasteiger charge is -2.47. The van der Waals surface area contributed by atoms with Crippen molar-refractivity contribution in [2.75, 3.05) is 11.4 Å². The van der Waals surface area contributed by atoms with E-state index in [4.69, 9.17) is 0 Å². The molecule has 1 N–H and O–H groups in total. The molecule has 2 unspecified atom stereocenters. The third-order valence-corrected chi connectivity index (χ3v) is 5.62. The van der Waals surface area contributed by atoms with Crippen LogP contribution in [0.1, 0.15) is 58.4 Å². The van der Waals surface area contributed by atoms with Gasteiger partial charge in [0.1, 0.15) is 5.54 Å². The molecule has 0 radical (unpaired) electrons. The first kappa shape index (κ1) is 16.8. The van der Waals surface area contributed by atoms with Gasteiger partial charge in [0.2, 0.25) is 5.91 Å². The van der Waals surface area contributed by atoms with E-state index < -0.39 is 5.54 Å². The number of anilines is 1. The molecule has 1 heterocycles. The molecule has 1 aromatic rings. The number of carbonyl (C=O) groups is 1. The predicted molar refractivity (Wildman–Crippen MR) is 95.8 cm³/mol. The van der Waals surface area contributed by atoms with Crippen molar-refractivity contribution in [2.24, 2.45) is 5.92 Å². The molecule has 0 bridgehead atoms. The van der Waals surface area contributed by atoms with Crippen LogP contribution in [0.4, 0.5) is 5.69 Å². The van der Waals surface area contributed by atoms with Gasteiger partial charge in [-0.3, -0.25) is 4.79 Å². The van der Waals surface area contributed by atoms with E-state index in [-0.39, 0.29) is 11.4 Å². The van der Waals surface area contributed by atoms with Gasteiger partial charge >= 0.3 is 0 Å². The lowest BCUT2D eigenvalue weighted by molar-refractivity contribution is -0.121. The maximum Gasteiger partial charge on any atom is 0.240 e. The second kappa shape index (κ2) is 5.81. The zero-order valence-corrected chi connectivity index (χ0v) is 15.1. The van der Waals surface area contributed by atoms with Crippen molar-refractivity contribution >= 4 is 11.6 Å². The molecule has 1 amide bonds. The van der Waals surface area contributed by atoms with Crippen LogP contribution < -0.4 is 10.2 Å². The molecule has 4 nitrogen and oxygen atoms in total. The zero-order valence-electron chi connectivity index (χ0n) is 15.1. The summed E-state index contributed by atoms with van der Waals surface area (Å²) >= 11 is 0. The third-order valence-electron chi connectivity index (χ3n) is 5.62. The summed E-state index contributed by atoms with van der Waals surface area (Å²) < 4.78 is 0. The van der Waals surface area contributed by atoms with Crippen LogP contribution in [0.5, 0.6) is 0 Å². The Labute approximate surface area is 144 Å². The highest BCUT2D eigenvalue weighted by Crippen LogP contribution is 2.43. The molecular formula is C20H27N3O. The van der Waals surface area contributed by atoms with Gasteiger partial charge < -0.3 is 10.2 Å². The van der Waals surface area contributed by atoms with E-state index in [1.807, 2.05) is 13.0 Å². The molecule has 1 aliphatic heterocycles. The molecule has 1 saturated carbocycles. The molecule has 128 valence electrons. The SMILES string of the molecule is CC1CC(C)(C)N(CC(=O)NC(C)(C#N)C2CC2)c2ccccc21. The van der Waals surface area contributed by atoms with Crippen LogP contribution in [0.3, 0.4) is 0 Å². The number of hydrogen-bond acceptors (Lipinski definition) is 3. The van der Waals surface area contributed by atoms with Gasteiger partial charge in [-0.15, -0.1) is 0 Å². The third kappa shape index (κ3) is 3.00. The van der Waals surface area contributed by atoms with Crippen molar-refractivity contribution in [3.05, 3.63) is 29.8 Å². The largest absolute Gasteiger partial charge is 0.357 e. The predicted octanol–water partition coefficient (Wildman–Crippen LogP) is 3.59. The molecule has 0 aromatic heterocycles. The first-order valence-corrected chi connectivity index (χ1v) is 8.86. The minimum absolute atomic E-state index is 0.0663. The van der Waals surface area contributed by atoms with Crippen molar-refractivity contribution < 1.29 is 4.79 Å². The Bertz CT molecular complexity index is 686. The Morgan fingerprint density at radius 2 is 2.08 bits per heavy atom. The van der Waals surface area contributed by atoms with Crippen LogP contribution in [0, 0.1) is 17.2 Å². The fourth-order valence-electron chi connectivity index (χ4n) is 4.10. The van der Waals surface area contributed by atoms with Crippen LogP contribution >= 0.6 is 0 Å². The molecule has 4 heteroatoms. The van der Waals surface area contributed by atoms with E-state index in [2.05, 4.69) is 55.3 Å². The van der Waals surface area contributed by atoms with E-state index in [9.17, 15) is 10.1 Å². The summed E-state index contributed by atoms with van der Waals surface area (Å²) in [7, 11) is 0. The number of nitrogens with one attached hydrogen (secondary N) is 1. The van der Waals surface area contributed by atoms with Crippen LogP contribution in [-0.4, -0.2) is 23.5 Å². The molecule has 0 spiro atoms. The van der Waals surface area contributed by atoms with E-state index in [0.717, 1.165) is 24.9 Å². The Balaban J connectivity index is 1.82. The highest BCUT2D eigenvalue weighted by Gasteiger charge is 2.44. The van der Waals surface area contributed by atoms with Crippen molar-refractivity contribution in [3.63, 3.8) is 0 Å². The highest BCUT2D eigenvalue weighted by atomic mass is 16.2. The molecule has 1 aliphatic carbocycles. The summed E-state index contributed by atoms with van der Waals surface area (Å²) in [6, 6.07) is 10.7. The Kier molecular flexibility index (Phi) is 4.07. The van der Waals surface area contributed by atoms with Crippen molar-refractivity contribution in [2.45, 2.75) is 64.0 Å². The number of nitrogens with zero attached hydrogens (tertiary/aromatic N) is 2. The van der Waals surface area contributed by atoms with Crippen LogP contribution in [-0.2, 0) is 4.79 Å². The minimum Gasteiger partial charge on any atom is -0.357 e. The fraction of sp³-hybridized carbons (Fsp3) is 0.600. The topological polar surface area (TPSA) is 56.1 Å². The second-order valence-electron chi connectivity index (χ2n) is 8.20. The molecular weight excluding hydrogens is 298 g/mol. The molecule has 0 saturated heterocycles. The van der Waals surface area contributed by atoms with Crippen LogP contribution in [0.25, 0.3) is 0 Å². The molecule has 24 heavy (non-hydrogen) atoms. The monoisotopic (exact) mass is 325 g/mol. The van der Waals surface area contributed by atoms with Gasteiger partial charge in [-0.25, -0.2) is 0 Å². The van der Waals surface area contributed by atoms with Crippen LogP contribution in [0.2, 0.25) is 0 Å². The summed E-state index contributed by atoms with van der Waals surface area (Å²) in [5.41, 5.74) is 1.62. The highest BCUT2D eigenvalue weighted by molar-refractivity contribution is 5.83. The number of amides is 1. The summed E-state index contributed by atoms with van der Waals surface area (Å²) in [6.07, 6.45) is 3.06. The number of benzene rings is 1. The van der Waals surface area contributed by atoms with Gasteiger partial charge in [-0.1, -0.05) is 25.1 Å². The quantitative estimate of drug-likeness (QED) is 0.920. The van der Waals surface area contributed by atoms with Crippen molar-refractivity contribution in [1.29, 1.82) is 5.26 Å². The minimum atomic E-state index is -0.732. The number of rotatable bonds is 4. The summed E-state index contributed by atoms with van der Waals surface area (Å²) in [5, 5.41) is 12.5. The summed E-state index contributed by atoms with van der Waals surface area (Å²) in [5.74, 6) is 0.711. The van der Waals surface area contributed by atoms with Gasteiger partial charge in [-0.05, 0) is 63.5 Å². The van der Waals surface area contributed by atoms with E-state index in [0.29, 0.717) is 18.4 Å². The molecule has 1 aromatic carbocycles. The van der Waals surface area contributed by atoms with E-state index >= 15 is 0 Å². The second-order valence-corrected chi connectivity index (χ2v) is 8.20. The first-order valence-electron chi connectivity index (χ1n) is 8.86. The van der Waals surface area contributed by atoms with E-state index in [1.54, 1.807) is 0 Å². The van der Waals surface area contributed by atoms with Crippen LogP contribution in [0.15, 0.2) is 24.3 Å². The lowest BCUT2D eigenvalue weighted by atomic mass is 9.80. The Morgan fingerprint density at radius 3 is 2.71 bits per heavy atom. The smallest absolute Gasteiger partial charge is 0.240 e. The fourth-order valence-corrected chi connectivity index (χ4v) is 4.10. The molecule has 2 atom stereocenters. The van der Waals surface area contributed by atoms with E-state index in [1.165, 1.54) is 5.56 Å². The number of carbonyl (C=O) groups excluding carboxylic acids is 1. The van der Waals surface area contributed by atoms with Gasteiger partial charge in [0.25, 0.3) is 0 Å². The zero-order chi connectivity index (χ0) is 17.5. The summed E-state index contributed by atoms with van der Waals surface area (Å²) in [4.78, 5) is 14.9. The normalized spacial score (nSPS) is 24.5. The molecule has 2 aliphatic rings. The Morgan fingerprint density at radius 1 is 1.42 bits per heavy atom. The number of fused-ring (bicyclic) bond motifs is 1. The number of nitriles is 1. The standard InChI is InChI=1S/C20H27N3O/c1-14-11-19(2,3)23(17-8-6-5-7-16(14)17)12-18(24)22-20(4,13-21)15-9-10-15/h5-8,14-15H,9-12H2,1-4H3,(H,22,24). The first-order chi connectivity index (χ1) is 11.3. The van der Waals surface area contributed by atoms with Crippen molar-refractivity contribution in [1.82, 2.24) is 5.32 Å². The van der Waals surface area contributed by atoms with Gasteiger partial charge in [0.05, 0.1) is 12.6 Å². The molecule has 1 fully saturated rings.